The molecule has 35 heavy (non-hydrogen) atoms. The number of hydrogen-bond donors (Lipinski definition) is 2. The highest BCUT2D eigenvalue weighted by atomic mass is 19.1. The third-order valence-corrected chi connectivity index (χ3v) is 5.91. The number of nitrogens with one attached hydrogen (secondary N) is 1. The number of fused-ring (bicyclic) bond motifs is 1. The number of pyridine rings is 1. The molecule has 1 atom stereocenters. The van der Waals surface area contributed by atoms with E-state index in [-0.39, 0.29) is 6.04 Å². The van der Waals surface area contributed by atoms with Crippen LogP contribution in [0.25, 0.3) is 22.5 Å². The van der Waals surface area contributed by atoms with Gasteiger partial charge in [0.15, 0.2) is 5.65 Å². The molecule has 0 bridgehead atoms. The second-order valence-corrected chi connectivity index (χ2v) is 8.50. The highest BCUT2D eigenvalue weighted by molar-refractivity contribution is 6.24. The van der Waals surface area contributed by atoms with Gasteiger partial charge in [-0.15, -0.1) is 0 Å². The summed E-state index contributed by atoms with van der Waals surface area (Å²) in [5, 5.41) is 11.7. The average Bonchev–Trinajstić information content (AvgIpc) is 3.49. The van der Waals surface area contributed by atoms with Crippen molar-refractivity contribution < 1.29 is 9.13 Å². The predicted octanol–water partition coefficient (Wildman–Crippen LogP) is 3.36. The monoisotopic (exact) mass is 475 g/mol. The molecule has 1 fully saturated rings. The fraction of sp³-hybridized carbons (Fsp3) is 0.292. The van der Waals surface area contributed by atoms with Crippen LogP contribution in [0.3, 0.4) is 0 Å². The summed E-state index contributed by atoms with van der Waals surface area (Å²) >= 11 is 0. The lowest BCUT2D eigenvalue weighted by molar-refractivity contribution is 0.0985. The quantitative estimate of drug-likeness (QED) is 0.424. The average molecular weight is 476 g/mol. The molecule has 1 aliphatic rings. The van der Waals surface area contributed by atoms with Crippen molar-refractivity contribution >= 4 is 28.4 Å². The van der Waals surface area contributed by atoms with Gasteiger partial charge in [0, 0.05) is 41.9 Å². The van der Waals surface area contributed by atoms with E-state index in [1.807, 2.05) is 19.1 Å². The van der Waals surface area contributed by atoms with Gasteiger partial charge in [0.2, 0.25) is 0 Å². The number of H-pyrrole nitrogens is 1. The zero-order chi connectivity index (χ0) is 24.5. The zero-order valence-corrected chi connectivity index (χ0v) is 19.7. The number of nitrogens with two attached hydrogens (primary N) is 1. The largest absolute Gasteiger partial charge is 0.402 e. The molecule has 0 saturated carbocycles. The van der Waals surface area contributed by atoms with Crippen LogP contribution in [0.15, 0.2) is 53.7 Å². The van der Waals surface area contributed by atoms with Gasteiger partial charge in [0.05, 0.1) is 60.5 Å². The minimum Gasteiger partial charge on any atom is -0.402 e. The standard InChI is InChI=1S/C24H26FN9O/c1-14-13-35-7-6-33(14)22-9-21(34-24(31-22)19(12-29-34)20-4-5-28-32-20)23(15(2)26)16(3)30-18-8-17(25)10-27-11-18/h4-5,8-12,14H,6-7,13,26H2,1-3H3,(H,28,32). The van der Waals surface area contributed by atoms with Gasteiger partial charge in [-0.1, -0.05) is 0 Å². The van der Waals surface area contributed by atoms with Crippen LogP contribution >= 0.6 is 0 Å². The van der Waals surface area contributed by atoms with Crippen LogP contribution in [0.2, 0.25) is 0 Å². The van der Waals surface area contributed by atoms with Gasteiger partial charge in [-0.25, -0.2) is 13.9 Å². The molecule has 1 saturated heterocycles. The third-order valence-electron chi connectivity index (χ3n) is 5.91. The van der Waals surface area contributed by atoms with Gasteiger partial charge in [-0.2, -0.15) is 10.2 Å². The summed E-state index contributed by atoms with van der Waals surface area (Å²) in [6.07, 6.45) is 6.08. The Kier molecular flexibility index (Phi) is 6.00. The number of ether oxygens (including phenoxy) is 1. The molecule has 0 radical (unpaired) electrons. The van der Waals surface area contributed by atoms with Gasteiger partial charge in [-0.3, -0.25) is 15.1 Å². The van der Waals surface area contributed by atoms with E-state index >= 15 is 0 Å². The van der Waals surface area contributed by atoms with E-state index in [2.05, 4.69) is 37.1 Å². The Morgan fingerprint density at radius 3 is 2.83 bits per heavy atom. The fourth-order valence-corrected chi connectivity index (χ4v) is 4.32. The van der Waals surface area contributed by atoms with Crippen LogP contribution in [-0.4, -0.2) is 61.3 Å². The number of nitrogens with zero attached hydrogens (tertiary/aromatic N) is 7. The summed E-state index contributed by atoms with van der Waals surface area (Å²) < 4.78 is 21.1. The molecule has 1 unspecified atom stereocenters. The normalized spacial score (nSPS) is 17.7. The Hall–Kier alpha value is -4.12. The lowest BCUT2D eigenvalue weighted by Gasteiger charge is -2.34. The van der Waals surface area contributed by atoms with Crippen molar-refractivity contribution in [3.8, 4) is 11.3 Å². The lowest BCUT2D eigenvalue weighted by atomic mass is 10.0. The molecule has 0 amide bonds. The summed E-state index contributed by atoms with van der Waals surface area (Å²) in [7, 11) is 0. The number of anilines is 1. The minimum absolute atomic E-state index is 0.143. The molecular formula is C24H26FN9O. The van der Waals surface area contributed by atoms with E-state index < -0.39 is 5.82 Å². The number of aromatic nitrogens is 6. The number of aliphatic imine (C=N–C) groups is 1. The number of hydrogen-bond acceptors (Lipinski definition) is 8. The summed E-state index contributed by atoms with van der Waals surface area (Å²) in [5.74, 6) is 0.323. The highest BCUT2D eigenvalue weighted by Gasteiger charge is 2.25. The van der Waals surface area contributed by atoms with Crippen molar-refractivity contribution in [2.45, 2.75) is 26.8 Å². The van der Waals surface area contributed by atoms with Crippen LogP contribution in [-0.2, 0) is 4.74 Å². The number of aromatic amines is 1. The summed E-state index contributed by atoms with van der Waals surface area (Å²) in [6.45, 7) is 7.68. The van der Waals surface area contributed by atoms with E-state index in [1.165, 1.54) is 12.3 Å². The summed E-state index contributed by atoms with van der Waals surface area (Å²) in [5.41, 5.74) is 11.6. The molecule has 4 aromatic rings. The van der Waals surface area contributed by atoms with Crippen LogP contribution < -0.4 is 10.6 Å². The van der Waals surface area contributed by atoms with Crippen molar-refractivity contribution in [2.75, 3.05) is 24.7 Å². The first-order valence-electron chi connectivity index (χ1n) is 11.3. The van der Waals surface area contributed by atoms with Crippen LogP contribution in [0.1, 0.15) is 26.5 Å². The molecule has 3 N–H and O–H groups in total. The minimum atomic E-state index is -0.458. The molecule has 11 heteroatoms. The van der Waals surface area contributed by atoms with Crippen LogP contribution in [0.5, 0.6) is 0 Å². The first-order valence-corrected chi connectivity index (χ1v) is 11.3. The van der Waals surface area contributed by atoms with E-state index in [0.29, 0.717) is 48.1 Å². The Morgan fingerprint density at radius 2 is 2.11 bits per heavy atom. The fourth-order valence-electron chi connectivity index (χ4n) is 4.32. The molecule has 0 spiro atoms. The number of allylic oxidation sites excluding steroid dienone is 2. The van der Waals surface area contributed by atoms with Crippen molar-refractivity contribution in [1.29, 1.82) is 0 Å². The summed E-state index contributed by atoms with van der Waals surface area (Å²) in [6, 6.07) is 5.31. The molecule has 4 aromatic heterocycles. The second-order valence-electron chi connectivity index (χ2n) is 8.50. The van der Waals surface area contributed by atoms with E-state index in [1.54, 1.807) is 23.8 Å². The van der Waals surface area contributed by atoms with Gasteiger partial charge < -0.3 is 15.4 Å². The molecule has 5 rings (SSSR count). The molecule has 10 nitrogen and oxygen atoms in total. The smallest absolute Gasteiger partial charge is 0.167 e. The lowest BCUT2D eigenvalue weighted by Crippen LogP contribution is -2.44. The van der Waals surface area contributed by atoms with E-state index in [4.69, 9.17) is 15.5 Å². The SMILES string of the molecule is CC(=Nc1cncc(F)c1)C(=C(C)N)c1cc(N2CCOCC2C)nc2c(-c3ccn[nH]3)cnn12. The Bertz CT molecular complexity index is 1420. The van der Waals surface area contributed by atoms with Gasteiger partial charge >= 0.3 is 0 Å². The molecule has 1 aliphatic heterocycles. The first kappa shape index (κ1) is 22.7. The van der Waals surface area contributed by atoms with Crippen molar-refractivity contribution in [3.63, 3.8) is 0 Å². The molecule has 180 valence electrons. The predicted molar refractivity (Wildman–Crippen MR) is 132 cm³/mol. The van der Waals surface area contributed by atoms with Crippen molar-refractivity contribution in [3.05, 3.63) is 60.2 Å². The number of halogens is 1. The zero-order valence-electron chi connectivity index (χ0n) is 19.7. The maximum Gasteiger partial charge on any atom is 0.167 e. The van der Waals surface area contributed by atoms with E-state index in [0.717, 1.165) is 29.0 Å². The molecule has 0 aromatic carbocycles. The van der Waals surface area contributed by atoms with Gasteiger partial charge in [-0.05, 0) is 26.8 Å². The highest BCUT2D eigenvalue weighted by Crippen LogP contribution is 2.31. The van der Waals surface area contributed by atoms with E-state index in [9.17, 15) is 4.39 Å². The Labute approximate surface area is 201 Å². The Morgan fingerprint density at radius 1 is 1.26 bits per heavy atom. The van der Waals surface area contributed by atoms with Crippen molar-refractivity contribution in [2.24, 2.45) is 10.7 Å². The number of rotatable bonds is 5. The Balaban J connectivity index is 1.72. The third kappa shape index (κ3) is 4.37. The molecular weight excluding hydrogens is 449 g/mol. The van der Waals surface area contributed by atoms with Crippen molar-refractivity contribution in [1.82, 2.24) is 29.8 Å². The second kappa shape index (κ2) is 9.26. The number of morpholine rings is 1. The summed E-state index contributed by atoms with van der Waals surface area (Å²) in [4.78, 5) is 15.7. The molecule has 0 aliphatic carbocycles. The van der Waals surface area contributed by atoms with Gasteiger partial charge in [0.25, 0.3) is 0 Å². The topological polar surface area (TPSA) is 123 Å². The van der Waals surface area contributed by atoms with Crippen LogP contribution in [0.4, 0.5) is 15.9 Å². The van der Waals surface area contributed by atoms with Gasteiger partial charge in [0.1, 0.15) is 11.6 Å². The van der Waals surface area contributed by atoms with Crippen LogP contribution in [0, 0.1) is 5.82 Å². The maximum atomic E-state index is 13.7. The molecule has 5 heterocycles. The first-order chi connectivity index (χ1) is 16.9. The maximum absolute atomic E-state index is 13.7.